The van der Waals surface area contributed by atoms with E-state index in [0.717, 1.165) is 0 Å². The fourth-order valence-corrected chi connectivity index (χ4v) is 0.121. The minimum Gasteiger partial charge on any atom is -0.351 e. The van der Waals surface area contributed by atoms with Gasteiger partial charge in [-0.3, -0.25) is 5.32 Å². The van der Waals surface area contributed by atoms with E-state index >= 15 is 0 Å². The van der Waals surface area contributed by atoms with Gasteiger partial charge in [-0.05, 0) is 0 Å². The molecule has 0 aliphatic carbocycles. The Hall–Kier alpha value is -0.100. The van der Waals surface area contributed by atoms with Crippen molar-refractivity contribution in [2.24, 2.45) is 11.5 Å². The molecule has 0 aliphatic heterocycles. The Kier molecular flexibility index (Phi) is 7.72. The van der Waals surface area contributed by atoms with Crippen molar-refractivity contribution in [3.05, 3.63) is 0 Å². The molecule has 0 fully saturated rings. The van der Waals surface area contributed by atoms with Gasteiger partial charge >= 0.3 is 12.1 Å². The number of primary amides is 2. The number of imide groups is 1. The molecule has 0 spiro atoms. The molecule has 0 rings (SSSR count). The van der Waals surface area contributed by atoms with Crippen molar-refractivity contribution in [3.63, 3.8) is 0 Å². The maximum Gasteiger partial charge on any atom is 0.320 e. The van der Waals surface area contributed by atoms with Gasteiger partial charge in [-0.1, -0.05) is 46.4 Å². The smallest absolute Gasteiger partial charge is 0.320 e. The van der Waals surface area contributed by atoms with Gasteiger partial charge in [0.25, 0.3) is 3.25 Å². The van der Waals surface area contributed by atoms with E-state index in [9.17, 15) is 9.59 Å². The van der Waals surface area contributed by atoms with Gasteiger partial charge in [0.1, 0.15) is 0 Å². The van der Waals surface area contributed by atoms with Crippen LogP contribution in [-0.2, 0) is 0 Å². The summed E-state index contributed by atoms with van der Waals surface area (Å²) in [5.41, 5.74) is 8.88. The van der Waals surface area contributed by atoms with Gasteiger partial charge in [0.15, 0.2) is 0 Å². The van der Waals surface area contributed by atoms with Crippen molar-refractivity contribution in [3.8, 4) is 0 Å². The molecule has 0 radical (unpaired) electrons. The fraction of sp³-hybridized carbons (Fsp3) is 0.333. The Bertz CT molecular complexity index is 149. The average Bonchev–Trinajstić information content (AvgIpc) is 1.52. The van der Waals surface area contributed by atoms with Crippen molar-refractivity contribution in [2.45, 2.75) is 3.25 Å². The minimum absolute atomic E-state index is 0.937. The third-order valence-corrected chi connectivity index (χ3v) is 0.246. The normalized spacial score (nSPS) is 9.33. The highest BCUT2D eigenvalue weighted by Crippen LogP contribution is 2.29. The van der Waals surface area contributed by atoms with Crippen molar-refractivity contribution in [1.29, 1.82) is 0 Å². The SMILES string of the molecule is ClC(Cl)(Cl)Cl.NC(=O)NC(N)=O. The first-order valence-electron chi connectivity index (χ1n) is 2.24. The van der Waals surface area contributed by atoms with Crippen LogP contribution in [0.15, 0.2) is 0 Å². The number of amides is 4. The van der Waals surface area contributed by atoms with Crippen molar-refractivity contribution in [1.82, 2.24) is 5.32 Å². The molecular weight excluding hydrogens is 252 g/mol. The molecule has 0 saturated carbocycles. The Morgan fingerprint density at radius 2 is 1.17 bits per heavy atom. The summed E-state index contributed by atoms with van der Waals surface area (Å²) in [6.07, 6.45) is 0. The van der Waals surface area contributed by atoms with E-state index in [-0.39, 0.29) is 0 Å². The Labute approximate surface area is 88.2 Å². The molecule has 4 amide bonds. The number of urea groups is 2. The van der Waals surface area contributed by atoms with Crippen LogP contribution < -0.4 is 16.8 Å². The first-order chi connectivity index (χ1) is 5.13. The molecule has 0 aromatic heterocycles. The number of carbonyl (C=O) groups is 2. The van der Waals surface area contributed by atoms with Crippen molar-refractivity contribution >= 4 is 58.5 Å². The van der Waals surface area contributed by atoms with E-state index in [1.165, 1.54) is 0 Å². The molecule has 0 heterocycles. The van der Waals surface area contributed by atoms with Gasteiger partial charge in [-0.15, -0.1) is 0 Å². The van der Waals surface area contributed by atoms with Crippen molar-refractivity contribution in [2.75, 3.05) is 0 Å². The molecule has 9 heteroatoms. The Morgan fingerprint density at radius 1 is 1.00 bits per heavy atom. The maximum atomic E-state index is 9.62. The second-order valence-corrected chi connectivity index (χ2v) is 4.71. The van der Waals surface area contributed by atoms with E-state index in [0.29, 0.717) is 0 Å². The van der Waals surface area contributed by atoms with E-state index in [1.54, 1.807) is 5.32 Å². The molecule has 0 unspecified atom stereocenters. The minimum atomic E-state index is -1.61. The predicted molar refractivity (Wildman–Crippen MR) is 48.4 cm³/mol. The highest BCUT2D eigenvalue weighted by molar-refractivity contribution is 6.83. The second-order valence-electron chi connectivity index (χ2n) is 1.28. The predicted octanol–water partition coefficient (Wildman–Crippen LogP) is 1.29. The molecular formula is C3H5Cl4N3O2. The lowest BCUT2D eigenvalue weighted by Gasteiger charge is -1.91. The number of nitrogens with one attached hydrogen (secondary N) is 1. The third-order valence-electron chi connectivity index (χ3n) is 0.246. The number of hydrogen-bond acceptors (Lipinski definition) is 2. The number of alkyl halides is 4. The standard InChI is InChI=1S/C2H5N3O2.CCl4/c3-1(6)5-2(4)7;2-1(3,4)5/h(H5,3,4,5,6,7);. The van der Waals surface area contributed by atoms with Gasteiger partial charge in [-0.25, -0.2) is 9.59 Å². The molecule has 5 nitrogen and oxygen atoms in total. The van der Waals surface area contributed by atoms with E-state index < -0.39 is 15.3 Å². The lowest BCUT2D eigenvalue weighted by atomic mass is 10.9. The highest BCUT2D eigenvalue weighted by Gasteiger charge is 2.11. The first-order valence-corrected chi connectivity index (χ1v) is 3.75. The van der Waals surface area contributed by atoms with E-state index in [2.05, 4.69) is 11.5 Å². The molecule has 0 bridgehead atoms. The lowest BCUT2D eigenvalue weighted by Crippen LogP contribution is -2.38. The number of rotatable bonds is 0. The monoisotopic (exact) mass is 255 g/mol. The highest BCUT2D eigenvalue weighted by atomic mass is 35.6. The van der Waals surface area contributed by atoms with Gasteiger partial charge < -0.3 is 11.5 Å². The summed E-state index contributed by atoms with van der Waals surface area (Å²) < 4.78 is -1.61. The van der Waals surface area contributed by atoms with Crippen LogP contribution in [0.25, 0.3) is 0 Å². The Balaban J connectivity index is 0. The fourth-order valence-electron chi connectivity index (χ4n) is 0.121. The molecule has 0 atom stereocenters. The van der Waals surface area contributed by atoms with Gasteiger partial charge in [-0.2, -0.15) is 0 Å². The van der Waals surface area contributed by atoms with Gasteiger partial charge in [0.2, 0.25) is 0 Å². The molecule has 12 heavy (non-hydrogen) atoms. The zero-order valence-electron chi connectivity index (χ0n) is 5.48. The summed E-state index contributed by atoms with van der Waals surface area (Å²) in [6.45, 7) is 0. The zero-order chi connectivity index (χ0) is 10.4. The van der Waals surface area contributed by atoms with Crippen LogP contribution in [0.2, 0.25) is 0 Å². The quantitative estimate of drug-likeness (QED) is 0.569. The van der Waals surface area contributed by atoms with Gasteiger partial charge in [0.05, 0.1) is 0 Å². The number of carbonyl (C=O) groups excluding carboxylic acids is 2. The van der Waals surface area contributed by atoms with Crippen LogP contribution in [0.1, 0.15) is 0 Å². The number of hydrogen-bond donors (Lipinski definition) is 3. The van der Waals surface area contributed by atoms with Gasteiger partial charge in [0, 0.05) is 0 Å². The molecule has 5 N–H and O–H groups in total. The molecule has 0 aliphatic rings. The summed E-state index contributed by atoms with van der Waals surface area (Å²) in [5, 5.41) is 1.58. The topological polar surface area (TPSA) is 98.2 Å². The van der Waals surface area contributed by atoms with E-state index in [4.69, 9.17) is 46.4 Å². The first kappa shape index (κ1) is 14.4. The van der Waals surface area contributed by atoms with Crippen LogP contribution in [-0.4, -0.2) is 15.3 Å². The Morgan fingerprint density at radius 3 is 1.17 bits per heavy atom. The lowest BCUT2D eigenvalue weighted by molar-refractivity contribution is 0.236. The summed E-state index contributed by atoms with van der Waals surface area (Å²) in [5.74, 6) is 0. The number of halogens is 4. The molecule has 72 valence electrons. The average molecular weight is 257 g/mol. The van der Waals surface area contributed by atoms with Crippen LogP contribution >= 0.6 is 46.4 Å². The zero-order valence-corrected chi connectivity index (χ0v) is 8.51. The second kappa shape index (κ2) is 6.42. The largest absolute Gasteiger partial charge is 0.351 e. The molecule has 0 aromatic carbocycles. The third kappa shape index (κ3) is 51.6. The summed E-state index contributed by atoms with van der Waals surface area (Å²) in [6, 6.07) is -1.88. The van der Waals surface area contributed by atoms with E-state index in [1.807, 2.05) is 0 Å². The number of nitrogens with two attached hydrogens (primary N) is 2. The van der Waals surface area contributed by atoms with Crippen LogP contribution in [0.5, 0.6) is 0 Å². The van der Waals surface area contributed by atoms with Crippen LogP contribution in [0.3, 0.4) is 0 Å². The maximum absolute atomic E-state index is 9.62. The molecule has 0 aromatic rings. The summed E-state index contributed by atoms with van der Waals surface area (Å²) in [7, 11) is 0. The molecule has 0 saturated heterocycles. The summed E-state index contributed by atoms with van der Waals surface area (Å²) in [4.78, 5) is 19.2. The van der Waals surface area contributed by atoms with Crippen LogP contribution in [0.4, 0.5) is 9.59 Å². The van der Waals surface area contributed by atoms with Crippen LogP contribution in [0, 0.1) is 0 Å². The van der Waals surface area contributed by atoms with Crippen molar-refractivity contribution < 1.29 is 9.59 Å². The summed E-state index contributed by atoms with van der Waals surface area (Å²) >= 11 is 19.3.